The molecule has 0 fully saturated rings. The van der Waals surface area contributed by atoms with E-state index in [0.717, 1.165) is 28.4 Å². The lowest BCUT2D eigenvalue weighted by Crippen LogP contribution is -2.38. The number of hydrogen-bond donors (Lipinski definition) is 2. The molecular formula is C19H23BrN2O2S. The minimum Gasteiger partial charge on any atom is -0.348 e. The molecule has 0 radical (unpaired) electrons. The van der Waals surface area contributed by atoms with Crippen LogP contribution < -0.4 is 10.6 Å². The maximum absolute atomic E-state index is 12.2. The van der Waals surface area contributed by atoms with Crippen LogP contribution in [0.5, 0.6) is 0 Å². The van der Waals surface area contributed by atoms with Gasteiger partial charge in [-0.15, -0.1) is 11.3 Å². The smallest absolute Gasteiger partial charge is 0.261 e. The predicted octanol–water partition coefficient (Wildman–Crippen LogP) is 4.38. The summed E-state index contributed by atoms with van der Waals surface area (Å²) in [5.41, 5.74) is 2.18. The van der Waals surface area contributed by atoms with Gasteiger partial charge in [-0.2, -0.15) is 0 Å². The highest BCUT2D eigenvalue weighted by molar-refractivity contribution is 9.10. The number of halogens is 1. The van der Waals surface area contributed by atoms with Crippen LogP contribution in [0.4, 0.5) is 0 Å². The van der Waals surface area contributed by atoms with E-state index in [1.165, 1.54) is 16.2 Å². The number of rotatable bonds is 7. The number of hydrogen-bond acceptors (Lipinski definition) is 3. The van der Waals surface area contributed by atoms with Crippen LogP contribution >= 0.6 is 27.3 Å². The summed E-state index contributed by atoms with van der Waals surface area (Å²) >= 11 is 4.90. The Hall–Kier alpha value is -1.66. The van der Waals surface area contributed by atoms with Crippen molar-refractivity contribution >= 4 is 39.1 Å². The molecule has 25 heavy (non-hydrogen) atoms. The molecule has 0 aliphatic rings. The molecule has 1 aromatic heterocycles. The van der Waals surface area contributed by atoms with Gasteiger partial charge in [0.1, 0.15) is 0 Å². The van der Waals surface area contributed by atoms with E-state index >= 15 is 0 Å². The normalized spacial score (nSPS) is 11.8. The van der Waals surface area contributed by atoms with Crippen molar-refractivity contribution in [2.24, 2.45) is 0 Å². The van der Waals surface area contributed by atoms with Crippen LogP contribution in [0, 0.1) is 6.92 Å². The summed E-state index contributed by atoms with van der Waals surface area (Å²) in [7, 11) is 0. The second kappa shape index (κ2) is 9.15. The predicted molar refractivity (Wildman–Crippen MR) is 106 cm³/mol. The highest BCUT2D eigenvalue weighted by atomic mass is 79.9. The molecule has 1 atom stereocenters. The van der Waals surface area contributed by atoms with Crippen LogP contribution in [0.3, 0.4) is 0 Å². The number of amides is 2. The molecule has 0 spiro atoms. The molecule has 1 heterocycles. The van der Waals surface area contributed by atoms with E-state index in [9.17, 15) is 9.59 Å². The number of benzene rings is 1. The van der Waals surface area contributed by atoms with Gasteiger partial charge in [0.25, 0.3) is 5.91 Å². The fourth-order valence-corrected chi connectivity index (χ4v) is 3.89. The lowest BCUT2D eigenvalue weighted by Gasteiger charge is -2.17. The second-order valence-corrected chi connectivity index (χ2v) is 7.89. The fourth-order valence-electron chi connectivity index (χ4n) is 2.59. The fraction of sp³-hybridized carbons (Fsp3) is 0.368. The summed E-state index contributed by atoms with van der Waals surface area (Å²) in [6.45, 7) is 6.07. The van der Waals surface area contributed by atoms with Crippen LogP contribution in [0.25, 0.3) is 0 Å². The van der Waals surface area contributed by atoms with E-state index in [1.54, 1.807) is 0 Å². The molecule has 134 valence electrons. The quantitative estimate of drug-likeness (QED) is 0.695. The van der Waals surface area contributed by atoms with Gasteiger partial charge in [0.15, 0.2) is 0 Å². The van der Waals surface area contributed by atoms with E-state index in [0.29, 0.717) is 4.88 Å². The molecule has 2 N–H and O–H groups in total. The Morgan fingerprint density at radius 2 is 1.88 bits per heavy atom. The average Bonchev–Trinajstić information content (AvgIpc) is 2.99. The van der Waals surface area contributed by atoms with Gasteiger partial charge in [-0.05, 0) is 49.1 Å². The molecule has 0 saturated heterocycles. The lowest BCUT2D eigenvalue weighted by atomic mass is 10.0. The van der Waals surface area contributed by atoms with Crippen LogP contribution in [0.2, 0.25) is 0 Å². The first kappa shape index (κ1) is 19.7. The molecule has 2 rings (SSSR count). The third kappa shape index (κ3) is 5.41. The topological polar surface area (TPSA) is 58.2 Å². The first-order chi connectivity index (χ1) is 11.9. The van der Waals surface area contributed by atoms with Crippen LogP contribution in [-0.4, -0.2) is 18.4 Å². The highest BCUT2D eigenvalue weighted by Crippen LogP contribution is 2.22. The SMILES string of the molecule is CCc1sc(C(=O)NCC(=O)N[C@@H](CC)c2ccc(Br)cc2)cc1C. The summed E-state index contributed by atoms with van der Waals surface area (Å²) in [6, 6.07) is 9.70. The van der Waals surface area contributed by atoms with Crippen molar-refractivity contribution in [2.45, 2.75) is 39.7 Å². The van der Waals surface area contributed by atoms with Gasteiger partial charge in [0.05, 0.1) is 17.5 Å². The molecule has 0 aliphatic carbocycles. The van der Waals surface area contributed by atoms with Gasteiger partial charge in [0, 0.05) is 9.35 Å². The number of carbonyl (C=O) groups is 2. The average molecular weight is 423 g/mol. The molecule has 0 unspecified atom stereocenters. The summed E-state index contributed by atoms with van der Waals surface area (Å²) < 4.78 is 1.00. The lowest BCUT2D eigenvalue weighted by molar-refractivity contribution is -0.120. The van der Waals surface area contributed by atoms with Crippen molar-refractivity contribution in [3.05, 3.63) is 55.7 Å². The zero-order chi connectivity index (χ0) is 18.4. The van der Waals surface area contributed by atoms with Crippen LogP contribution in [0.15, 0.2) is 34.8 Å². The maximum Gasteiger partial charge on any atom is 0.261 e. The minimum atomic E-state index is -0.195. The van der Waals surface area contributed by atoms with E-state index in [-0.39, 0.29) is 24.4 Å². The van der Waals surface area contributed by atoms with Gasteiger partial charge in [-0.25, -0.2) is 0 Å². The van der Waals surface area contributed by atoms with Crippen molar-refractivity contribution in [3.63, 3.8) is 0 Å². The number of aryl methyl sites for hydroxylation is 2. The van der Waals surface area contributed by atoms with E-state index in [2.05, 4.69) is 33.5 Å². The standard InChI is InChI=1S/C19H23BrN2O2S/c1-4-15(13-6-8-14(20)9-7-13)22-18(23)11-21-19(24)17-10-12(3)16(5-2)25-17/h6-10,15H,4-5,11H2,1-3H3,(H,21,24)(H,22,23)/t15-/m0/s1. The Kier molecular flexibility index (Phi) is 7.20. The summed E-state index contributed by atoms with van der Waals surface area (Å²) in [5.74, 6) is -0.383. The van der Waals surface area contributed by atoms with Crippen molar-refractivity contribution in [1.82, 2.24) is 10.6 Å². The molecule has 2 amide bonds. The number of nitrogens with one attached hydrogen (secondary N) is 2. The van der Waals surface area contributed by atoms with E-state index in [4.69, 9.17) is 0 Å². The Morgan fingerprint density at radius 1 is 1.20 bits per heavy atom. The molecule has 0 saturated carbocycles. The minimum absolute atomic E-state index is 0.0235. The maximum atomic E-state index is 12.2. The Bertz CT molecular complexity index is 740. The monoisotopic (exact) mass is 422 g/mol. The second-order valence-electron chi connectivity index (χ2n) is 5.83. The van der Waals surface area contributed by atoms with Gasteiger partial charge in [0.2, 0.25) is 5.91 Å². The molecule has 4 nitrogen and oxygen atoms in total. The number of carbonyl (C=O) groups excluding carboxylic acids is 2. The van der Waals surface area contributed by atoms with Crippen molar-refractivity contribution in [1.29, 1.82) is 0 Å². The first-order valence-corrected chi connectivity index (χ1v) is 9.97. The van der Waals surface area contributed by atoms with Crippen molar-refractivity contribution < 1.29 is 9.59 Å². The third-order valence-electron chi connectivity index (χ3n) is 3.99. The zero-order valence-electron chi connectivity index (χ0n) is 14.7. The Balaban J connectivity index is 1.90. The van der Waals surface area contributed by atoms with Gasteiger partial charge >= 0.3 is 0 Å². The molecule has 0 aliphatic heterocycles. The van der Waals surface area contributed by atoms with E-state index < -0.39 is 0 Å². The largest absolute Gasteiger partial charge is 0.348 e. The van der Waals surface area contributed by atoms with Gasteiger partial charge in [-0.3, -0.25) is 9.59 Å². The van der Waals surface area contributed by atoms with Gasteiger partial charge < -0.3 is 10.6 Å². The van der Waals surface area contributed by atoms with Crippen molar-refractivity contribution in [2.75, 3.05) is 6.54 Å². The summed E-state index contributed by atoms with van der Waals surface area (Å²) in [4.78, 5) is 26.3. The summed E-state index contributed by atoms with van der Waals surface area (Å²) in [5, 5.41) is 5.68. The molecule has 6 heteroatoms. The number of thiophene rings is 1. The Morgan fingerprint density at radius 3 is 2.44 bits per heavy atom. The first-order valence-electron chi connectivity index (χ1n) is 8.36. The summed E-state index contributed by atoms with van der Waals surface area (Å²) in [6.07, 6.45) is 1.70. The molecular weight excluding hydrogens is 400 g/mol. The Labute approximate surface area is 161 Å². The van der Waals surface area contributed by atoms with Crippen LogP contribution in [-0.2, 0) is 11.2 Å². The van der Waals surface area contributed by atoms with E-state index in [1.807, 2.05) is 44.2 Å². The molecule has 1 aromatic carbocycles. The molecule has 0 bridgehead atoms. The highest BCUT2D eigenvalue weighted by Gasteiger charge is 2.15. The van der Waals surface area contributed by atoms with Crippen LogP contribution in [0.1, 0.15) is 52.0 Å². The third-order valence-corrected chi connectivity index (χ3v) is 5.90. The molecule has 2 aromatic rings. The van der Waals surface area contributed by atoms with Gasteiger partial charge in [-0.1, -0.05) is 41.9 Å². The zero-order valence-corrected chi connectivity index (χ0v) is 17.1. The van der Waals surface area contributed by atoms with Crippen molar-refractivity contribution in [3.8, 4) is 0 Å².